The summed E-state index contributed by atoms with van der Waals surface area (Å²) in [4.78, 5) is 14.2. The van der Waals surface area contributed by atoms with E-state index in [1.165, 1.54) is 12.1 Å². The molecule has 21 heavy (non-hydrogen) atoms. The number of likely N-dealkylation sites (N-methyl/N-ethyl adjacent to an activating group) is 1. The average molecular weight is 292 g/mol. The van der Waals surface area contributed by atoms with Gasteiger partial charge in [0.25, 0.3) is 5.91 Å². The number of nitrogens with one attached hydrogen (secondary N) is 1. The highest BCUT2D eigenvalue weighted by molar-refractivity contribution is 5.96. The maximum Gasteiger partial charge on any atom is 0.252 e. The van der Waals surface area contributed by atoms with E-state index < -0.39 is 5.82 Å². The first kappa shape index (κ1) is 17.2. The summed E-state index contributed by atoms with van der Waals surface area (Å²) in [6, 6.07) is 3.82. The largest absolute Gasteiger partial charge is 0.384 e. The molecule has 114 valence electrons. The molecule has 1 aromatic rings. The van der Waals surface area contributed by atoms with Crippen LogP contribution in [0.15, 0.2) is 18.2 Å². The Labute approximate surface area is 125 Å². The van der Waals surface area contributed by atoms with Crippen LogP contribution < -0.4 is 5.32 Å². The number of hydrogen-bond donors (Lipinski definition) is 2. The second kappa shape index (κ2) is 7.21. The molecule has 0 saturated carbocycles. The van der Waals surface area contributed by atoms with Crippen molar-refractivity contribution in [3.8, 4) is 11.8 Å². The van der Waals surface area contributed by atoms with Crippen LogP contribution in [-0.4, -0.2) is 48.7 Å². The molecule has 4 nitrogen and oxygen atoms in total. The van der Waals surface area contributed by atoms with Crippen molar-refractivity contribution in [1.29, 1.82) is 0 Å². The number of amides is 1. The van der Waals surface area contributed by atoms with Crippen molar-refractivity contribution in [2.75, 3.05) is 27.2 Å². The average Bonchev–Trinajstić information content (AvgIpc) is 2.43. The van der Waals surface area contributed by atoms with Crippen LogP contribution in [0.3, 0.4) is 0 Å². The normalized spacial score (nSPS) is 11.0. The highest BCUT2D eigenvalue weighted by atomic mass is 19.1. The van der Waals surface area contributed by atoms with Crippen LogP contribution in [-0.2, 0) is 0 Å². The van der Waals surface area contributed by atoms with Gasteiger partial charge in [-0.3, -0.25) is 4.79 Å². The van der Waals surface area contributed by atoms with Gasteiger partial charge in [-0.05, 0) is 46.1 Å². The molecule has 1 aromatic carbocycles. The number of rotatable bonds is 4. The van der Waals surface area contributed by atoms with Gasteiger partial charge >= 0.3 is 0 Å². The monoisotopic (exact) mass is 292 g/mol. The molecule has 0 fully saturated rings. The van der Waals surface area contributed by atoms with Crippen molar-refractivity contribution in [2.45, 2.75) is 19.4 Å². The first-order chi connectivity index (χ1) is 9.77. The van der Waals surface area contributed by atoms with Gasteiger partial charge in [-0.2, -0.15) is 0 Å². The van der Waals surface area contributed by atoms with E-state index in [1.807, 2.05) is 32.8 Å². The third-order valence-corrected chi connectivity index (χ3v) is 3.42. The van der Waals surface area contributed by atoms with Crippen molar-refractivity contribution in [3.63, 3.8) is 0 Å². The zero-order chi connectivity index (χ0) is 16.0. The molecule has 0 spiro atoms. The molecule has 1 amide bonds. The summed E-state index contributed by atoms with van der Waals surface area (Å²) in [5.74, 6) is 4.24. The number of benzene rings is 1. The van der Waals surface area contributed by atoms with Crippen molar-refractivity contribution < 1.29 is 14.3 Å². The number of carbonyl (C=O) groups is 1. The molecule has 0 aliphatic rings. The zero-order valence-corrected chi connectivity index (χ0v) is 12.8. The third kappa shape index (κ3) is 4.85. The van der Waals surface area contributed by atoms with E-state index in [4.69, 9.17) is 5.11 Å². The van der Waals surface area contributed by atoms with E-state index in [1.54, 1.807) is 0 Å². The maximum absolute atomic E-state index is 13.3. The highest BCUT2D eigenvalue weighted by Gasteiger charge is 2.22. The predicted octanol–water partition coefficient (Wildman–Crippen LogP) is 1.24. The van der Waals surface area contributed by atoms with E-state index in [9.17, 15) is 9.18 Å². The van der Waals surface area contributed by atoms with Gasteiger partial charge in [0.1, 0.15) is 12.4 Å². The Hall–Kier alpha value is -1.90. The Kier molecular flexibility index (Phi) is 5.89. The Morgan fingerprint density at radius 1 is 1.43 bits per heavy atom. The number of aliphatic hydroxyl groups excluding tert-OH is 1. The number of carbonyl (C=O) groups excluding carboxylic acids is 1. The SMILES string of the molecule is CN(C)C(C)(C)CNC(=O)c1cc(F)ccc1C#CCO. The predicted molar refractivity (Wildman–Crippen MR) is 80.5 cm³/mol. The van der Waals surface area contributed by atoms with Crippen molar-refractivity contribution in [1.82, 2.24) is 10.2 Å². The van der Waals surface area contributed by atoms with E-state index in [-0.39, 0.29) is 23.6 Å². The van der Waals surface area contributed by atoms with Crippen LogP contribution in [0.5, 0.6) is 0 Å². The zero-order valence-electron chi connectivity index (χ0n) is 12.8. The lowest BCUT2D eigenvalue weighted by atomic mass is 10.0. The minimum atomic E-state index is -0.499. The van der Waals surface area contributed by atoms with Gasteiger partial charge in [-0.1, -0.05) is 11.8 Å². The summed E-state index contributed by atoms with van der Waals surface area (Å²) in [5.41, 5.74) is 0.344. The first-order valence-corrected chi connectivity index (χ1v) is 6.63. The van der Waals surface area contributed by atoms with Crippen LogP contribution in [0.1, 0.15) is 29.8 Å². The molecule has 2 N–H and O–H groups in total. The van der Waals surface area contributed by atoms with E-state index in [0.717, 1.165) is 6.07 Å². The molecule has 0 aliphatic carbocycles. The fraction of sp³-hybridized carbons (Fsp3) is 0.438. The Morgan fingerprint density at radius 3 is 2.67 bits per heavy atom. The molecule has 0 unspecified atom stereocenters. The molecular formula is C16H21FN2O2. The summed E-state index contributed by atoms with van der Waals surface area (Å²) in [7, 11) is 3.85. The summed E-state index contributed by atoms with van der Waals surface area (Å²) >= 11 is 0. The topological polar surface area (TPSA) is 52.6 Å². The minimum absolute atomic E-state index is 0.172. The minimum Gasteiger partial charge on any atom is -0.384 e. The lowest BCUT2D eigenvalue weighted by Gasteiger charge is -2.32. The summed E-state index contributed by atoms with van der Waals surface area (Å²) in [6.45, 7) is 4.09. The number of nitrogens with zero attached hydrogens (tertiary/aromatic N) is 1. The smallest absolute Gasteiger partial charge is 0.252 e. The Bertz CT molecular complexity index is 571. The van der Waals surface area contributed by atoms with Crippen LogP contribution >= 0.6 is 0 Å². The summed E-state index contributed by atoms with van der Waals surface area (Å²) in [5, 5.41) is 11.5. The third-order valence-electron chi connectivity index (χ3n) is 3.42. The van der Waals surface area contributed by atoms with Crippen molar-refractivity contribution in [2.24, 2.45) is 0 Å². The Balaban J connectivity index is 2.94. The molecule has 0 bridgehead atoms. The van der Waals surface area contributed by atoms with Gasteiger partial charge in [0.15, 0.2) is 0 Å². The highest BCUT2D eigenvalue weighted by Crippen LogP contribution is 2.12. The van der Waals surface area contributed by atoms with Crippen molar-refractivity contribution in [3.05, 3.63) is 35.1 Å². The molecule has 0 atom stereocenters. The van der Waals surface area contributed by atoms with Crippen LogP contribution in [0.25, 0.3) is 0 Å². The van der Waals surface area contributed by atoms with Gasteiger partial charge in [0, 0.05) is 17.6 Å². The first-order valence-electron chi connectivity index (χ1n) is 6.63. The number of aliphatic hydroxyl groups is 1. The number of halogens is 1. The summed E-state index contributed by atoms with van der Waals surface area (Å²) in [6.07, 6.45) is 0. The fourth-order valence-electron chi connectivity index (χ4n) is 1.50. The fourth-order valence-corrected chi connectivity index (χ4v) is 1.50. The van der Waals surface area contributed by atoms with Crippen LogP contribution in [0.2, 0.25) is 0 Å². The van der Waals surface area contributed by atoms with Gasteiger partial charge in [-0.25, -0.2) is 4.39 Å². The number of hydrogen-bond acceptors (Lipinski definition) is 3. The Morgan fingerprint density at radius 2 is 2.10 bits per heavy atom. The second-order valence-electron chi connectivity index (χ2n) is 5.54. The van der Waals surface area contributed by atoms with Gasteiger partial charge < -0.3 is 15.3 Å². The lowest BCUT2D eigenvalue weighted by Crippen LogP contribution is -2.48. The van der Waals surface area contributed by atoms with E-state index in [2.05, 4.69) is 17.2 Å². The molecule has 0 saturated heterocycles. The molecule has 0 heterocycles. The lowest BCUT2D eigenvalue weighted by molar-refractivity contribution is 0.0919. The summed E-state index contributed by atoms with van der Waals surface area (Å²) < 4.78 is 13.3. The standard InChI is InChI=1S/C16H21FN2O2/c1-16(2,19(3)4)11-18-15(21)14-10-13(17)8-7-12(14)6-5-9-20/h7-8,10,20H,9,11H2,1-4H3,(H,18,21). The van der Waals surface area contributed by atoms with Gasteiger partial charge in [0.05, 0.1) is 5.56 Å². The molecule has 1 rings (SSSR count). The van der Waals surface area contributed by atoms with Gasteiger partial charge in [-0.15, -0.1) is 0 Å². The molecule has 0 radical (unpaired) electrons. The molecule has 0 aliphatic heterocycles. The van der Waals surface area contributed by atoms with E-state index in [0.29, 0.717) is 12.1 Å². The quantitative estimate of drug-likeness (QED) is 0.821. The maximum atomic E-state index is 13.3. The van der Waals surface area contributed by atoms with Gasteiger partial charge in [0.2, 0.25) is 0 Å². The van der Waals surface area contributed by atoms with Crippen molar-refractivity contribution >= 4 is 5.91 Å². The van der Waals surface area contributed by atoms with E-state index >= 15 is 0 Å². The molecule has 5 heteroatoms. The molecule has 0 aromatic heterocycles. The molecular weight excluding hydrogens is 271 g/mol. The van der Waals surface area contributed by atoms with Crippen LogP contribution in [0, 0.1) is 17.7 Å². The second-order valence-corrected chi connectivity index (χ2v) is 5.54. The van der Waals surface area contributed by atoms with Crippen LogP contribution in [0.4, 0.5) is 4.39 Å².